The van der Waals surface area contributed by atoms with Crippen LogP contribution < -0.4 is 5.56 Å². The van der Waals surface area contributed by atoms with E-state index < -0.39 is 16.4 Å². The predicted octanol–water partition coefficient (Wildman–Crippen LogP) is 0.660. The van der Waals surface area contributed by atoms with Gasteiger partial charge < -0.3 is 15.0 Å². The van der Waals surface area contributed by atoms with Crippen LogP contribution in [0.5, 0.6) is 0 Å². The van der Waals surface area contributed by atoms with Crippen LogP contribution in [0, 0.1) is 10.1 Å². The second-order valence-corrected chi connectivity index (χ2v) is 5.02. The van der Waals surface area contributed by atoms with Crippen LogP contribution in [0.15, 0.2) is 17.1 Å². The molecule has 1 aliphatic rings. The zero-order valence-electron chi connectivity index (χ0n) is 11.4. The number of hydrogen-bond donors (Lipinski definition) is 2. The molecule has 0 atom stereocenters. The molecule has 0 aliphatic heterocycles. The summed E-state index contributed by atoms with van der Waals surface area (Å²) in [6.07, 6.45) is 4.10. The van der Waals surface area contributed by atoms with Crippen LogP contribution in [0.25, 0.3) is 0 Å². The minimum atomic E-state index is -0.659. The van der Waals surface area contributed by atoms with Gasteiger partial charge in [-0.1, -0.05) is 0 Å². The summed E-state index contributed by atoms with van der Waals surface area (Å²) in [6, 6.07) is 1.05. The minimum absolute atomic E-state index is 0.0442. The molecular formula is C13H17N3O5. The van der Waals surface area contributed by atoms with Crippen molar-refractivity contribution in [3.63, 3.8) is 0 Å². The largest absolute Gasteiger partial charge is 0.396 e. The lowest BCUT2D eigenvalue weighted by atomic mass is 9.91. The van der Waals surface area contributed by atoms with Crippen LogP contribution >= 0.6 is 0 Å². The van der Waals surface area contributed by atoms with Crippen LogP contribution in [-0.4, -0.2) is 45.0 Å². The highest BCUT2D eigenvalue weighted by atomic mass is 16.6. The van der Waals surface area contributed by atoms with Crippen molar-refractivity contribution in [2.45, 2.75) is 31.7 Å². The van der Waals surface area contributed by atoms with Crippen molar-refractivity contribution in [3.8, 4) is 0 Å². The van der Waals surface area contributed by atoms with Gasteiger partial charge in [0.15, 0.2) is 0 Å². The van der Waals surface area contributed by atoms with Crippen LogP contribution in [0.3, 0.4) is 0 Å². The maximum absolute atomic E-state index is 12.5. The van der Waals surface area contributed by atoms with E-state index in [1.165, 1.54) is 4.90 Å². The number of aliphatic hydroxyl groups excluding tert-OH is 1. The monoisotopic (exact) mass is 295 g/mol. The third-order valence-electron chi connectivity index (χ3n) is 3.66. The van der Waals surface area contributed by atoms with E-state index in [9.17, 15) is 19.7 Å². The summed E-state index contributed by atoms with van der Waals surface area (Å²) < 4.78 is 0. The number of aliphatic hydroxyl groups is 1. The zero-order chi connectivity index (χ0) is 15.4. The highest BCUT2D eigenvalue weighted by Gasteiger charge is 2.30. The first kappa shape index (κ1) is 15.2. The minimum Gasteiger partial charge on any atom is -0.396 e. The van der Waals surface area contributed by atoms with E-state index in [0.29, 0.717) is 13.0 Å². The van der Waals surface area contributed by atoms with Gasteiger partial charge in [-0.25, -0.2) is 0 Å². The van der Waals surface area contributed by atoms with Gasteiger partial charge in [-0.15, -0.1) is 0 Å². The lowest BCUT2D eigenvalue weighted by molar-refractivity contribution is -0.385. The summed E-state index contributed by atoms with van der Waals surface area (Å²) in [5, 5.41) is 19.7. The molecule has 0 unspecified atom stereocenters. The average Bonchev–Trinajstić information content (AvgIpc) is 2.40. The number of nitro groups is 1. The quantitative estimate of drug-likeness (QED) is 0.590. The number of nitrogens with zero attached hydrogens (tertiary/aromatic N) is 2. The van der Waals surface area contributed by atoms with Gasteiger partial charge in [-0.2, -0.15) is 0 Å². The summed E-state index contributed by atoms with van der Waals surface area (Å²) in [5.74, 6) is -0.516. The van der Waals surface area contributed by atoms with E-state index in [-0.39, 0.29) is 23.9 Å². The van der Waals surface area contributed by atoms with E-state index in [1.54, 1.807) is 0 Å². The molecule has 0 radical (unpaired) electrons. The molecular weight excluding hydrogens is 278 g/mol. The van der Waals surface area contributed by atoms with Crippen molar-refractivity contribution in [1.29, 1.82) is 0 Å². The Morgan fingerprint density at radius 3 is 2.76 bits per heavy atom. The fraction of sp³-hybridized carbons (Fsp3) is 0.538. The Balaban J connectivity index is 2.28. The number of carbonyl (C=O) groups is 1. The number of nitrogens with one attached hydrogen (secondary N) is 1. The van der Waals surface area contributed by atoms with Crippen molar-refractivity contribution in [2.24, 2.45) is 0 Å². The van der Waals surface area contributed by atoms with Crippen molar-refractivity contribution in [3.05, 3.63) is 38.3 Å². The Labute approximate surface area is 120 Å². The molecule has 1 fully saturated rings. The normalized spacial score (nSPS) is 14.5. The molecule has 1 saturated carbocycles. The summed E-state index contributed by atoms with van der Waals surface area (Å²) in [7, 11) is 0. The van der Waals surface area contributed by atoms with Crippen molar-refractivity contribution in [1.82, 2.24) is 9.88 Å². The van der Waals surface area contributed by atoms with Gasteiger partial charge in [-0.3, -0.25) is 19.7 Å². The van der Waals surface area contributed by atoms with Gasteiger partial charge >= 0.3 is 0 Å². The van der Waals surface area contributed by atoms with Gasteiger partial charge in [0.2, 0.25) is 0 Å². The first-order chi connectivity index (χ1) is 10.0. The Morgan fingerprint density at radius 2 is 2.24 bits per heavy atom. The molecule has 0 bridgehead atoms. The second-order valence-electron chi connectivity index (χ2n) is 5.02. The molecule has 1 amide bonds. The molecule has 114 valence electrons. The number of aromatic amines is 1. The summed E-state index contributed by atoms with van der Waals surface area (Å²) >= 11 is 0. The topological polar surface area (TPSA) is 117 Å². The Kier molecular flexibility index (Phi) is 4.69. The van der Waals surface area contributed by atoms with E-state index in [0.717, 1.165) is 31.5 Å². The Bertz CT molecular complexity index is 594. The maximum atomic E-state index is 12.5. The molecule has 1 heterocycles. The number of H-pyrrole nitrogens is 1. The van der Waals surface area contributed by atoms with Gasteiger partial charge in [0.25, 0.3) is 17.2 Å². The standard InChI is InChI=1S/C13H17N3O5/c17-6-2-5-15(9-3-1-4-9)13(19)11-7-10(16(20)21)8-14-12(11)18/h7-9,17H,1-6H2,(H,14,18). The highest BCUT2D eigenvalue weighted by molar-refractivity contribution is 5.94. The fourth-order valence-corrected chi connectivity index (χ4v) is 2.28. The molecule has 1 aromatic heterocycles. The highest BCUT2D eigenvalue weighted by Crippen LogP contribution is 2.26. The number of hydrogen-bond acceptors (Lipinski definition) is 5. The molecule has 2 N–H and O–H groups in total. The van der Waals surface area contributed by atoms with Gasteiger partial charge in [0, 0.05) is 25.3 Å². The first-order valence-corrected chi connectivity index (χ1v) is 6.83. The van der Waals surface area contributed by atoms with Crippen LogP contribution in [0.4, 0.5) is 5.69 Å². The number of rotatable bonds is 6. The number of aromatic nitrogens is 1. The molecule has 1 aliphatic carbocycles. The lowest BCUT2D eigenvalue weighted by Gasteiger charge is -2.37. The molecule has 0 spiro atoms. The van der Waals surface area contributed by atoms with Crippen LogP contribution in [0.1, 0.15) is 36.0 Å². The zero-order valence-corrected chi connectivity index (χ0v) is 11.4. The van der Waals surface area contributed by atoms with E-state index >= 15 is 0 Å². The fourth-order valence-electron chi connectivity index (χ4n) is 2.28. The van der Waals surface area contributed by atoms with Crippen molar-refractivity contribution >= 4 is 11.6 Å². The van der Waals surface area contributed by atoms with E-state index in [1.807, 2.05) is 0 Å². The number of amides is 1. The molecule has 8 heteroatoms. The molecule has 2 rings (SSSR count). The summed E-state index contributed by atoms with van der Waals surface area (Å²) in [6.45, 7) is 0.282. The molecule has 1 aromatic rings. The Hall–Kier alpha value is -2.22. The predicted molar refractivity (Wildman–Crippen MR) is 74.1 cm³/mol. The third-order valence-corrected chi connectivity index (χ3v) is 3.66. The van der Waals surface area contributed by atoms with Gasteiger partial charge in [0.05, 0.1) is 11.1 Å². The van der Waals surface area contributed by atoms with Crippen LogP contribution in [-0.2, 0) is 0 Å². The van der Waals surface area contributed by atoms with E-state index in [2.05, 4.69) is 4.98 Å². The first-order valence-electron chi connectivity index (χ1n) is 6.83. The molecule has 0 aromatic carbocycles. The number of carbonyl (C=O) groups excluding carboxylic acids is 1. The van der Waals surface area contributed by atoms with Gasteiger partial charge in [-0.05, 0) is 25.7 Å². The number of pyridine rings is 1. The second kappa shape index (κ2) is 6.49. The third kappa shape index (κ3) is 3.27. The summed E-state index contributed by atoms with van der Waals surface area (Å²) in [5.41, 5.74) is -1.19. The van der Waals surface area contributed by atoms with E-state index in [4.69, 9.17) is 5.11 Å². The van der Waals surface area contributed by atoms with Crippen molar-refractivity contribution < 1.29 is 14.8 Å². The van der Waals surface area contributed by atoms with Crippen LogP contribution in [0.2, 0.25) is 0 Å². The average molecular weight is 295 g/mol. The lowest BCUT2D eigenvalue weighted by Crippen LogP contribution is -2.46. The summed E-state index contributed by atoms with van der Waals surface area (Å²) in [4.78, 5) is 38.1. The van der Waals surface area contributed by atoms with Gasteiger partial charge in [0.1, 0.15) is 5.56 Å². The smallest absolute Gasteiger partial charge is 0.286 e. The molecule has 0 saturated heterocycles. The van der Waals surface area contributed by atoms with Crippen molar-refractivity contribution in [2.75, 3.05) is 13.2 Å². The maximum Gasteiger partial charge on any atom is 0.286 e. The Morgan fingerprint density at radius 1 is 1.52 bits per heavy atom. The molecule has 21 heavy (non-hydrogen) atoms. The molecule has 8 nitrogen and oxygen atoms in total. The SMILES string of the molecule is O=C(c1cc([N+](=O)[O-])c[nH]c1=O)N(CCCO)C1CCC1.